The number of hydrogen-bond acceptors (Lipinski definition) is 6. The van der Waals surface area contributed by atoms with Crippen LogP contribution in [0.4, 0.5) is 0 Å². The number of phosphoric ester groups is 1. The summed E-state index contributed by atoms with van der Waals surface area (Å²) in [7, 11) is 1.28. The molecule has 0 aliphatic heterocycles. The van der Waals surface area contributed by atoms with E-state index < -0.39 is 20.0 Å². The van der Waals surface area contributed by atoms with E-state index in [1.54, 1.807) is 6.08 Å². The standard InChI is InChI=1S/C62H125N2O6P/c1-6-8-10-12-14-16-18-20-22-24-26-27-28-29-30-31-32-33-34-35-36-37-38-40-42-44-46-48-50-52-54-56-62(66)63-60(59-70-71(67,68)69-58-57-64(3,4)5)61(65)55-53-51-49-47-45-43-41-39-25-23-21-19-17-15-13-11-9-7-2/h53,55,60-61,65H,6-52,54,56-59H2,1-5H3,(H-,63,66,67,68)/b55-53+. The van der Waals surface area contributed by atoms with Crippen LogP contribution in [0.1, 0.15) is 328 Å². The lowest BCUT2D eigenvalue weighted by atomic mass is 10.0. The minimum atomic E-state index is -4.59. The molecule has 0 saturated heterocycles. The number of rotatable bonds is 59. The van der Waals surface area contributed by atoms with Crippen LogP contribution >= 0.6 is 7.82 Å². The van der Waals surface area contributed by atoms with Crippen LogP contribution in [-0.2, 0) is 18.4 Å². The van der Waals surface area contributed by atoms with Crippen molar-refractivity contribution >= 4 is 13.7 Å². The Balaban J connectivity index is 4.03. The Kier molecular flexibility index (Phi) is 53.5. The molecule has 8 nitrogen and oxygen atoms in total. The van der Waals surface area contributed by atoms with Gasteiger partial charge in [0.2, 0.25) is 5.91 Å². The summed E-state index contributed by atoms with van der Waals surface area (Å²) < 4.78 is 23.4. The topological polar surface area (TPSA) is 108 Å². The second-order valence-corrected chi connectivity index (χ2v) is 24.5. The average molecular weight is 1030 g/mol. The van der Waals surface area contributed by atoms with E-state index in [0.717, 1.165) is 38.5 Å². The fourth-order valence-corrected chi connectivity index (χ4v) is 10.5. The third-order valence-corrected chi connectivity index (χ3v) is 15.7. The van der Waals surface area contributed by atoms with Gasteiger partial charge in [-0.15, -0.1) is 0 Å². The number of carbonyl (C=O) groups excluding carboxylic acids is 1. The predicted molar refractivity (Wildman–Crippen MR) is 307 cm³/mol. The number of nitrogens with zero attached hydrogens (tertiary/aromatic N) is 1. The lowest BCUT2D eigenvalue weighted by Gasteiger charge is -2.29. The normalized spacial score (nSPS) is 13.8. The third kappa shape index (κ3) is 56.8. The van der Waals surface area contributed by atoms with Gasteiger partial charge in [-0.2, -0.15) is 0 Å². The molecule has 2 N–H and O–H groups in total. The number of nitrogens with one attached hydrogen (secondary N) is 1. The van der Waals surface area contributed by atoms with Gasteiger partial charge < -0.3 is 28.8 Å². The van der Waals surface area contributed by atoms with Crippen molar-refractivity contribution in [3.8, 4) is 0 Å². The van der Waals surface area contributed by atoms with Crippen LogP contribution in [0.2, 0.25) is 0 Å². The van der Waals surface area contributed by atoms with E-state index in [9.17, 15) is 19.4 Å². The first-order chi connectivity index (χ1) is 34.5. The van der Waals surface area contributed by atoms with E-state index in [0.29, 0.717) is 17.4 Å². The molecule has 1 amide bonds. The number of aliphatic hydroxyl groups excluding tert-OH is 1. The molecule has 0 radical (unpaired) electrons. The molecule has 424 valence electrons. The van der Waals surface area contributed by atoms with Crippen molar-refractivity contribution in [3.05, 3.63) is 12.2 Å². The number of aliphatic hydroxyl groups is 1. The fourth-order valence-electron chi connectivity index (χ4n) is 9.81. The summed E-state index contributed by atoms with van der Waals surface area (Å²) in [5.41, 5.74) is 0. The predicted octanol–water partition coefficient (Wildman–Crippen LogP) is 18.8. The lowest BCUT2D eigenvalue weighted by Crippen LogP contribution is -2.45. The molecule has 0 aliphatic rings. The number of carbonyl (C=O) groups is 1. The van der Waals surface area contributed by atoms with Gasteiger partial charge in [0.1, 0.15) is 13.2 Å². The van der Waals surface area contributed by atoms with E-state index in [1.807, 2.05) is 27.2 Å². The number of allylic oxidation sites excluding steroid dienone is 1. The zero-order valence-electron chi connectivity index (χ0n) is 48.5. The first kappa shape index (κ1) is 70.2. The maximum absolute atomic E-state index is 13.0. The fraction of sp³-hybridized carbons (Fsp3) is 0.952. The zero-order chi connectivity index (χ0) is 52.0. The van der Waals surface area contributed by atoms with E-state index in [-0.39, 0.29) is 19.1 Å². The number of phosphoric acid groups is 1. The lowest BCUT2D eigenvalue weighted by molar-refractivity contribution is -0.870. The van der Waals surface area contributed by atoms with Gasteiger partial charge >= 0.3 is 0 Å². The van der Waals surface area contributed by atoms with Crippen LogP contribution in [0, 0.1) is 0 Å². The molecule has 0 spiro atoms. The molecule has 3 atom stereocenters. The highest BCUT2D eigenvalue weighted by Crippen LogP contribution is 2.38. The van der Waals surface area contributed by atoms with E-state index in [4.69, 9.17) is 9.05 Å². The van der Waals surface area contributed by atoms with Crippen LogP contribution in [0.25, 0.3) is 0 Å². The Bertz CT molecular complexity index is 1160. The van der Waals surface area contributed by atoms with Gasteiger partial charge in [0, 0.05) is 6.42 Å². The Morgan fingerprint density at radius 3 is 1.06 bits per heavy atom. The van der Waals surface area contributed by atoms with Crippen LogP contribution in [-0.4, -0.2) is 68.5 Å². The molecular formula is C62H125N2O6P. The highest BCUT2D eigenvalue weighted by Gasteiger charge is 2.23. The Morgan fingerprint density at radius 2 is 0.761 bits per heavy atom. The van der Waals surface area contributed by atoms with Gasteiger partial charge in [0.25, 0.3) is 7.82 Å². The number of unbranched alkanes of at least 4 members (excludes halogenated alkanes) is 46. The van der Waals surface area contributed by atoms with Crippen molar-refractivity contribution in [2.75, 3.05) is 40.9 Å². The number of hydrogen-bond donors (Lipinski definition) is 2. The average Bonchev–Trinajstić information content (AvgIpc) is 3.33. The summed E-state index contributed by atoms with van der Waals surface area (Å²) in [4.78, 5) is 25.5. The van der Waals surface area contributed by atoms with Gasteiger partial charge in [0.15, 0.2) is 0 Å². The minimum absolute atomic E-state index is 0.00275. The van der Waals surface area contributed by atoms with Crippen molar-refractivity contribution in [1.29, 1.82) is 0 Å². The van der Waals surface area contributed by atoms with E-state index in [1.165, 1.54) is 270 Å². The molecule has 0 rings (SSSR count). The zero-order valence-corrected chi connectivity index (χ0v) is 49.4. The van der Waals surface area contributed by atoms with Gasteiger partial charge in [-0.3, -0.25) is 9.36 Å². The van der Waals surface area contributed by atoms with Gasteiger partial charge in [-0.05, 0) is 19.3 Å². The summed E-state index contributed by atoms with van der Waals surface area (Å²) >= 11 is 0. The SMILES string of the molecule is CCCCCCCCCCCCCCCCCC/C=C/C(O)C(COP(=O)([O-])OCC[N+](C)(C)C)NC(=O)CCCCCCCCCCCCCCCCCCCCCCCCCCCCCCCCC. The smallest absolute Gasteiger partial charge is 0.268 e. The first-order valence-electron chi connectivity index (χ1n) is 31.6. The Morgan fingerprint density at radius 1 is 0.479 bits per heavy atom. The monoisotopic (exact) mass is 1020 g/mol. The Hall–Kier alpha value is -0.760. The number of amides is 1. The van der Waals surface area contributed by atoms with Crippen LogP contribution < -0.4 is 10.2 Å². The summed E-state index contributed by atoms with van der Waals surface area (Å²) in [6.45, 7) is 4.71. The molecule has 9 heteroatoms. The minimum Gasteiger partial charge on any atom is -0.756 e. The quantitative estimate of drug-likeness (QED) is 0.0272. The number of likely N-dealkylation sites (N-methyl/N-ethyl adjacent to an activating group) is 1. The summed E-state index contributed by atoms with van der Waals surface area (Å²) in [6, 6.07) is -0.882. The summed E-state index contributed by atoms with van der Waals surface area (Å²) in [6.07, 6.45) is 67.4. The van der Waals surface area contributed by atoms with Crippen LogP contribution in [0.5, 0.6) is 0 Å². The second-order valence-electron chi connectivity index (χ2n) is 23.1. The van der Waals surface area contributed by atoms with Crippen molar-refractivity contribution < 1.29 is 32.9 Å². The molecular weight excluding hydrogens is 900 g/mol. The first-order valence-corrected chi connectivity index (χ1v) is 33.0. The van der Waals surface area contributed by atoms with Crippen LogP contribution in [0.15, 0.2) is 12.2 Å². The summed E-state index contributed by atoms with van der Waals surface area (Å²) in [5, 5.41) is 13.9. The highest BCUT2D eigenvalue weighted by molar-refractivity contribution is 7.45. The maximum Gasteiger partial charge on any atom is 0.268 e. The highest BCUT2D eigenvalue weighted by atomic mass is 31.2. The maximum atomic E-state index is 13.0. The van der Waals surface area contributed by atoms with Crippen molar-refractivity contribution in [2.24, 2.45) is 0 Å². The van der Waals surface area contributed by atoms with Gasteiger partial charge in [-0.1, -0.05) is 315 Å². The molecule has 3 unspecified atom stereocenters. The molecule has 0 saturated carbocycles. The molecule has 71 heavy (non-hydrogen) atoms. The molecule has 0 aromatic rings. The molecule has 0 heterocycles. The van der Waals surface area contributed by atoms with E-state index in [2.05, 4.69) is 19.2 Å². The Labute approximate surface area is 443 Å². The third-order valence-electron chi connectivity index (χ3n) is 14.7. The van der Waals surface area contributed by atoms with Crippen molar-refractivity contribution in [1.82, 2.24) is 5.32 Å². The van der Waals surface area contributed by atoms with Gasteiger partial charge in [-0.25, -0.2) is 0 Å². The molecule has 0 bridgehead atoms. The largest absolute Gasteiger partial charge is 0.756 e. The second kappa shape index (κ2) is 54.0. The molecule has 0 fully saturated rings. The molecule has 0 aliphatic carbocycles. The van der Waals surface area contributed by atoms with Crippen molar-refractivity contribution in [3.63, 3.8) is 0 Å². The number of quaternary nitrogens is 1. The van der Waals surface area contributed by atoms with Crippen molar-refractivity contribution in [2.45, 2.75) is 341 Å². The molecule has 0 aromatic carbocycles. The van der Waals surface area contributed by atoms with Gasteiger partial charge in [0.05, 0.1) is 39.9 Å². The summed E-state index contributed by atoms with van der Waals surface area (Å²) in [5.74, 6) is -0.189. The van der Waals surface area contributed by atoms with E-state index >= 15 is 0 Å². The molecule has 0 aromatic heterocycles. The van der Waals surface area contributed by atoms with Crippen LogP contribution in [0.3, 0.4) is 0 Å².